The summed E-state index contributed by atoms with van der Waals surface area (Å²) < 4.78 is 17.5. The van der Waals surface area contributed by atoms with E-state index in [2.05, 4.69) is 44.6 Å². The van der Waals surface area contributed by atoms with Gasteiger partial charge in [-0.1, -0.05) is 42.5 Å². The number of nitrogens with zero attached hydrogens (tertiary/aromatic N) is 3. The number of likely N-dealkylation sites (tertiary alicyclic amines) is 1. The van der Waals surface area contributed by atoms with Gasteiger partial charge >= 0.3 is 0 Å². The van der Waals surface area contributed by atoms with E-state index in [1.54, 1.807) is 16.8 Å². The first-order valence-electron chi connectivity index (χ1n) is 11.3. The number of allylic oxidation sites excluding steroid dienone is 1. The third kappa shape index (κ3) is 5.13. The molecule has 1 aromatic heterocycles. The fraction of sp³-hybridized carbons (Fsp3) is 0.346. The molecular formula is C26H29BrFN3O. The first-order valence-corrected chi connectivity index (χ1v) is 12.1. The summed E-state index contributed by atoms with van der Waals surface area (Å²) in [6.45, 7) is 5.62. The second-order valence-corrected chi connectivity index (χ2v) is 9.13. The van der Waals surface area contributed by atoms with E-state index in [0.717, 1.165) is 62.4 Å². The first kappa shape index (κ1) is 22.7. The van der Waals surface area contributed by atoms with Gasteiger partial charge in [-0.25, -0.2) is 9.07 Å². The van der Waals surface area contributed by atoms with Crippen LogP contribution in [0.4, 0.5) is 4.39 Å². The second kappa shape index (κ2) is 10.5. The maximum Gasteiger partial charge on any atom is 0.286 e. The second-order valence-electron chi connectivity index (χ2n) is 8.34. The molecule has 0 aliphatic carbocycles. The lowest BCUT2D eigenvalue weighted by Gasteiger charge is -2.31. The Morgan fingerprint density at radius 3 is 2.41 bits per heavy atom. The molecule has 0 atom stereocenters. The van der Waals surface area contributed by atoms with E-state index >= 15 is 0 Å². The molecular weight excluding hydrogens is 469 g/mol. The summed E-state index contributed by atoms with van der Waals surface area (Å²) in [4.78, 5) is 15.4. The van der Waals surface area contributed by atoms with Gasteiger partial charge in [-0.3, -0.25) is 14.4 Å². The third-order valence-corrected chi connectivity index (χ3v) is 7.01. The predicted octanol–water partition coefficient (Wildman–Crippen LogP) is 5.88. The Bertz CT molecular complexity index is 1110. The van der Waals surface area contributed by atoms with Crippen LogP contribution in [0.2, 0.25) is 0 Å². The zero-order chi connectivity index (χ0) is 22.5. The summed E-state index contributed by atoms with van der Waals surface area (Å²) in [5.41, 5.74) is 2.96. The average molecular weight is 498 g/mol. The number of piperidine rings is 1. The zero-order valence-electron chi connectivity index (χ0n) is 18.4. The van der Waals surface area contributed by atoms with Gasteiger partial charge in [-0.2, -0.15) is 0 Å². The standard InChI is InChI=1S/C26H29BrFN3O/c1-2-30-24(25(27)26(32)31(30)23-9-4-3-5-10-23)19-29-17-15-21(16-18-29)8-6-7-20-11-13-22(28)14-12-20/h3-7,9-14,21H,2,8,15-19H2,1H3/b7-6-. The monoisotopic (exact) mass is 497 g/mol. The minimum absolute atomic E-state index is 0.00568. The van der Waals surface area contributed by atoms with Crippen molar-refractivity contribution in [2.75, 3.05) is 13.1 Å². The highest BCUT2D eigenvalue weighted by atomic mass is 79.9. The molecule has 4 nitrogen and oxygen atoms in total. The fourth-order valence-corrected chi connectivity index (χ4v) is 4.93. The molecule has 1 aliphatic rings. The predicted molar refractivity (Wildman–Crippen MR) is 131 cm³/mol. The normalized spacial score (nSPS) is 15.6. The number of hydrogen-bond acceptors (Lipinski definition) is 2. The van der Waals surface area contributed by atoms with Crippen LogP contribution in [0.3, 0.4) is 0 Å². The molecule has 2 aromatic carbocycles. The topological polar surface area (TPSA) is 30.2 Å². The highest BCUT2D eigenvalue weighted by Crippen LogP contribution is 2.25. The quantitative estimate of drug-likeness (QED) is 0.408. The fourth-order valence-electron chi connectivity index (χ4n) is 4.43. The van der Waals surface area contributed by atoms with Gasteiger partial charge in [0.15, 0.2) is 0 Å². The number of rotatable bonds is 7. The van der Waals surface area contributed by atoms with Crippen LogP contribution in [0.5, 0.6) is 0 Å². The van der Waals surface area contributed by atoms with Gasteiger partial charge in [-0.15, -0.1) is 0 Å². The molecule has 1 saturated heterocycles. The molecule has 168 valence electrons. The molecule has 4 rings (SSSR count). The van der Waals surface area contributed by atoms with Crippen LogP contribution in [0.1, 0.15) is 37.4 Å². The lowest BCUT2D eigenvalue weighted by atomic mass is 9.93. The highest BCUT2D eigenvalue weighted by Gasteiger charge is 2.23. The summed E-state index contributed by atoms with van der Waals surface area (Å²) in [6.07, 6.45) is 7.61. The Labute approximate surface area is 197 Å². The summed E-state index contributed by atoms with van der Waals surface area (Å²) >= 11 is 3.58. The van der Waals surface area contributed by atoms with E-state index in [-0.39, 0.29) is 11.4 Å². The summed E-state index contributed by atoms with van der Waals surface area (Å²) in [6, 6.07) is 16.4. The van der Waals surface area contributed by atoms with Gasteiger partial charge in [0.2, 0.25) is 0 Å². The number of aromatic nitrogens is 2. The van der Waals surface area contributed by atoms with Crippen LogP contribution in [0.25, 0.3) is 11.8 Å². The van der Waals surface area contributed by atoms with Crippen molar-refractivity contribution in [2.24, 2.45) is 5.92 Å². The molecule has 0 unspecified atom stereocenters. The van der Waals surface area contributed by atoms with Gasteiger partial charge in [0.1, 0.15) is 10.3 Å². The van der Waals surface area contributed by atoms with Crippen LogP contribution < -0.4 is 5.56 Å². The smallest absolute Gasteiger partial charge is 0.286 e. The van der Waals surface area contributed by atoms with Gasteiger partial charge in [0, 0.05) is 13.1 Å². The van der Waals surface area contributed by atoms with Crippen molar-refractivity contribution >= 4 is 22.0 Å². The Kier molecular flexibility index (Phi) is 7.43. The van der Waals surface area contributed by atoms with E-state index < -0.39 is 0 Å². The lowest BCUT2D eigenvalue weighted by Crippen LogP contribution is -2.34. The molecule has 1 fully saturated rings. The van der Waals surface area contributed by atoms with E-state index in [4.69, 9.17) is 0 Å². The Morgan fingerprint density at radius 1 is 1.06 bits per heavy atom. The first-order chi connectivity index (χ1) is 15.6. The van der Waals surface area contributed by atoms with Gasteiger partial charge < -0.3 is 0 Å². The molecule has 32 heavy (non-hydrogen) atoms. The molecule has 0 amide bonds. The summed E-state index contributed by atoms with van der Waals surface area (Å²) in [5.74, 6) is 0.461. The maximum absolute atomic E-state index is 13.0. The number of benzene rings is 2. The van der Waals surface area contributed by atoms with Crippen LogP contribution >= 0.6 is 15.9 Å². The van der Waals surface area contributed by atoms with Gasteiger partial charge in [0.05, 0.1) is 11.4 Å². The number of para-hydroxylation sites is 1. The summed E-state index contributed by atoms with van der Waals surface area (Å²) in [5, 5.41) is 0. The Morgan fingerprint density at radius 2 is 1.75 bits per heavy atom. The van der Waals surface area contributed by atoms with Gasteiger partial charge in [0.25, 0.3) is 5.56 Å². The lowest BCUT2D eigenvalue weighted by molar-refractivity contribution is 0.173. The molecule has 0 N–H and O–H groups in total. The SMILES string of the molecule is CCn1c(CN2CCC(C/C=C\c3ccc(F)cc3)CC2)c(Br)c(=O)n1-c1ccccc1. The number of hydrogen-bond donors (Lipinski definition) is 0. The van der Waals surface area contributed by atoms with Crippen molar-refractivity contribution in [1.29, 1.82) is 0 Å². The zero-order valence-corrected chi connectivity index (χ0v) is 20.0. The Balaban J connectivity index is 1.38. The minimum Gasteiger partial charge on any atom is -0.297 e. The third-order valence-electron chi connectivity index (χ3n) is 6.22. The van der Waals surface area contributed by atoms with Crippen molar-refractivity contribution in [3.8, 4) is 5.69 Å². The average Bonchev–Trinajstić information content (AvgIpc) is 3.06. The van der Waals surface area contributed by atoms with Crippen molar-refractivity contribution in [2.45, 2.75) is 39.3 Å². The summed E-state index contributed by atoms with van der Waals surface area (Å²) in [7, 11) is 0. The molecule has 0 saturated carbocycles. The molecule has 3 aromatic rings. The van der Waals surface area contributed by atoms with Crippen LogP contribution in [-0.4, -0.2) is 27.4 Å². The Hall–Kier alpha value is -2.44. The van der Waals surface area contributed by atoms with E-state index in [1.807, 2.05) is 30.3 Å². The van der Waals surface area contributed by atoms with Gasteiger partial charge in [-0.05, 0) is 91.0 Å². The van der Waals surface area contributed by atoms with E-state index in [0.29, 0.717) is 10.4 Å². The molecule has 6 heteroatoms. The highest BCUT2D eigenvalue weighted by molar-refractivity contribution is 9.10. The van der Waals surface area contributed by atoms with Crippen LogP contribution in [0.15, 0.2) is 69.9 Å². The molecule has 0 radical (unpaired) electrons. The molecule has 0 bridgehead atoms. The number of halogens is 2. The maximum atomic E-state index is 13.0. The van der Waals surface area contributed by atoms with Crippen molar-refractivity contribution < 1.29 is 4.39 Å². The minimum atomic E-state index is -0.200. The van der Waals surface area contributed by atoms with Crippen LogP contribution in [-0.2, 0) is 13.1 Å². The molecule has 1 aliphatic heterocycles. The van der Waals surface area contributed by atoms with E-state index in [1.165, 1.54) is 12.1 Å². The van der Waals surface area contributed by atoms with Crippen molar-refractivity contribution in [1.82, 2.24) is 14.3 Å². The van der Waals surface area contributed by atoms with Crippen LogP contribution in [0, 0.1) is 11.7 Å². The molecule has 2 heterocycles. The van der Waals surface area contributed by atoms with Crippen molar-refractivity contribution in [3.05, 3.63) is 92.6 Å². The largest absolute Gasteiger partial charge is 0.297 e. The van der Waals surface area contributed by atoms with Crippen molar-refractivity contribution in [3.63, 3.8) is 0 Å². The van der Waals surface area contributed by atoms with E-state index in [9.17, 15) is 9.18 Å². The molecule has 0 spiro atoms.